The number of nitrogen functional groups attached to an aromatic ring is 1. The Morgan fingerprint density at radius 3 is 2.62 bits per heavy atom. The average Bonchev–Trinajstić information content (AvgIpc) is 2.16. The second-order valence-corrected chi connectivity index (χ2v) is 3.66. The highest BCUT2D eigenvalue weighted by Gasteiger charge is 2.15. The molecule has 0 saturated heterocycles. The lowest BCUT2D eigenvalue weighted by atomic mass is 10.1. The Labute approximate surface area is 92.6 Å². The molecule has 0 atom stereocenters. The number of nitro benzene ring substituents is 1. The van der Waals surface area contributed by atoms with E-state index in [0.717, 1.165) is 0 Å². The number of nitrogens with zero attached hydrogens (tertiary/aromatic N) is 1. The molecule has 1 rings (SSSR count). The maximum atomic E-state index is 11.6. The van der Waals surface area contributed by atoms with Crippen molar-refractivity contribution in [1.29, 1.82) is 0 Å². The number of amides is 1. The Kier molecular flexibility index (Phi) is 3.44. The van der Waals surface area contributed by atoms with E-state index in [1.807, 2.05) is 13.8 Å². The number of hydrogen-bond acceptors (Lipinski definition) is 4. The number of anilines is 1. The zero-order chi connectivity index (χ0) is 12.3. The SMILES string of the molecule is CC(C)NC(=O)c1ccc(N)c([N+](=O)[O-])c1. The van der Waals surface area contributed by atoms with Crippen LogP contribution in [-0.4, -0.2) is 16.9 Å². The van der Waals surface area contributed by atoms with Crippen molar-refractivity contribution in [1.82, 2.24) is 5.32 Å². The molecule has 1 aromatic rings. The summed E-state index contributed by atoms with van der Waals surface area (Å²) >= 11 is 0. The summed E-state index contributed by atoms with van der Waals surface area (Å²) in [5, 5.41) is 13.3. The van der Waals surface area contributed by atoms with Crippen LogP contribution >= 0.6 is 0 Å². The van der Waals surface area contributed by atoms with Gasteiger partial charge in [-0.25, -0.2) is 0 Å². The first kappa shape index (κ1) is 12.0. The minimum absolute atomic E-state index is 0.0240. The molecule has 0 heterocycles. The summed E-state index contributed by atoms with van der Waals surface area (Å²) in [6.45, 7) is 3.62. The number of benzene rings is 1. The molecule has 6 heteroatoms. The molecule has 0 unspecified atom stereocenters. The first-order chi connectivity index (χ1) is 7.41. The molecule has 0 radical (unpaired) electrons. The van der Waals surface area contributed by atoms with Gasteiger partial charge in [-0.15, -0.1) is 0 Å². The van der Waals surface area contributed by atoms with Crippen LogP contribution in [-0.2, 0) is 0 Å². The smallest absolute Gasteiger partial charge is 0.292 e. The van der Waals surface area contributed by atoms with Gasteiger partial charge in [-0.3, -0.25) is 14.9 Å². The number of nitrogens with two attached hydrogens (primary N) is 1. The highest BCUT2D eigenvalue weighted by atomic mass is 16.6. The number of carbonyl (C=O) groups excluding carboxylic acids is 1. The first-order valence-corrected chi connectivity index (χ1v) is 4.76. The third-order valence-corrected chi connectivity index (χ3v) is 1.91. The lowest BCUT2D eigenvalue weighted by molar-refractivity contribution is -0.383. The molecule has 0 aromatic heterocycles. The predicted octanol–water partition coefficient (Wildman–Crippen LogP) is 1.32. The predicted molar refractivity (Wildman–Crippen MR) is 60.1 cm³/mol. The topological polar surface area (TPSA) is 98.3 Å². The zero-order valence-corrected chi connectivity index (χ0v) is 9.06. The van der Waals surface area contributed by atoms with Crippen LogP contribution in [0.15, 0.2) is 18.2 Å². The van der Waals surface area contributed by atoms with Gasteiger partial charge in [0, 0.05) is 17.7 Å². The van der Waals surface area contributed by atoms with Crippen LogP contribution in [0.4, 0.5) is 11.4 Å². The summed E-state index contributed by atoms with van der Waals surface area (Å²) < 4.78 is 0. The summed E-state index contributed by atoms with van der Waals surface area (Å²) in [7, 11) is 0. The number of nitrogens with one attached hydrogen (secondary N) is 1. The van der Waals surface area contributed by atoms with Crippen molar-refractivity contribution < 1.29 is 9.72 Å². The fraction of sp³-hybridized carbons (Fsp3) is 0.300. The molecule has 1 aromatic carbocycles. The quantitative estimate of drug-likeness (QED) is 0.458. The highest BCUT2D eigenvalue weighted by molar-refractivity contribution is 5.95. The average molecular weight is 223 g/mol. The normalized spacial score (nSPS) is 10.2. The molecule has 86 valence electrons. The summed E-state index contributed by atoms with van der Waals surface area (Å²) in [5.41, 5.74) is 5.44. The standard InChI is InChI=1S/C10H13N3O3/c1-6(2)12-10(14)7-3-4-8(11)9(5-7)13(15)16/h3-6H,11H2,1-2H3,(H,12,14). The van der Waals surface area contributed by atoms with E-state index in [-0.39, 0.29) is 28.9 Å². The molecule has 0 bridgehead atoms. The summed E-state index contributed by atoms with van der Waals surface area (Å²) in [6, 6.07) is 3.96. The summed E-state index contributed by atoms with van der Waals surface area (Å²) in [6.07, 6.45) is 0. The van der Waals surface area contributed by atoms with Crippen molar-refractivity contribution in [2.75, 3.05) is 5.73 Å². The number of carbonyl (C=O) groups is 1. The second kappa shape index (κ2) is 4.61. The van der Waals surface area contributed by atoms with E-state index in [1.54, 1.807) is 0 Å². The van der Waals surface area contributed by atoms with Gasteiger partial charge in [0.2, 0.25) is 0 Å². The van der Waals surface area contributed by atoms with Crippen LogP contribution in [0.3, 0.4) is 0 Å². The zero-order valence-electron chi connectivity index (χ0n) is 9.06. The van der Waals surface area contributed by atoms with Crippen molar-refractivity contribution in [2.45, 2.75) is 19.9 Å². The fourth-order valence-electron chi connectivity index (χ4n) is 1.19. The Balaban J connectivity index is 3.03. The molecule has 0 spiro atoms. The molecule has 3 N–H and O–H groups in total. The lowest BCUT2D eigenvalue weighted by Crippen LogP contribution is -2.30. The van der Waals surface area contributed by atoms with Gasteiger partial charge < -0.3 is 11.1 Å². The minimum Gasteiger partial charge on any atom is -0.393 e. The Hall–Kier alpha value is -2.11. The molecule has 0 fully saturated rings. The van der Waals surface area contributed by atoms with Crippen LogP contribution in [0.2, 0.25) is 0 Å². The monoisotopic (exact) mass is 223 g/mol. The molecular weight excluding hydrogens is 210 g/mol. The first-order valence-electron chi connectivity index (χ1n) is 4.76. The van der Waals surface area contributed by atoms with Gasteiger partial charge >= 0.3 is 0 Å². The Morgan fingerprint density at radius 1 is 1.50 bits per heavy atom. The number of rotatable bonds is 3. The lowest BCUT2D eigenvalue weighted by Gasteiger charge is -2.08. The third kappa shape index (κ3) is 2.69. The van der Waals surface area contributed by atoms with E-state index < -0.39 is 4.92 Å². The maximum Gasteiger partial charge on any atom is 0.292 e. The van der Waals surface area contributed by atoms with Crippen LogP contribution in [0.5, 0.6) is 0 Å². The van der Waals surface area contributed by atoms with E-state index in [4.69, 9.17) is 5.73 Å². The van der Waals surface area contributed by atoms with E-state index >= 15 is 0 Å². The van der Waals surface area contributed by atoms with Gasteiger partial charge in [0.05, 0.1) is 4.92 Å². The van der Waals surface area contributed by atoms with Crippen molar-refractivity contribution >= 4 is 17.3 Å². The van der Waals surface area contributed by atoms with Crippen LogP contribution < -0.4 is 11.1 Å². The molecule has 0 aliphatic carbocycles. The van der Waals surface area contributed by atoms with Gasteiger partial charge in [0.15, 0.2) is 0 Å². The molecule has 0 saturated carbocycles. The minimum atomic E-state index is -0.610. The Bertz CT molecular complexity index is 429. The molecule has 0 aliphatic heterocycles. The third-order valence-electron chi connectivity index (χ3n) is 1.91. The summed E-state index contributed by atoms with van der Waals surface area (Å²) in [5.74, 6) is -0.349. The maximum absolute atomic E-state index is 11.6. The van der Waals surface area contributed by atoms with Crippen molar-refractivity contribution in [3.05, 3.63) is 33.9 Å². The van der Waals surface area contributed by atoms with Crippen molar-refractivity contribution in [2.24, 2.45) is 0 Å². The largest absolute Gasteiger partial charge is 0.393 e. The van der Waals surface area contributed by atoms with Crippen LogP contribution in [0, 0.1) is 10.1 Å². The second-order valence-electron chi connectivity index (χ2n) is 3.66. The van der Waals surface area contributed by atoms with Crippen molar-refractivity contribution in [3.63, 3.8) is 0 Å². The molecule has 16 heavy (non-hydrogen) atoms. The van der Waals surface area contributed by atoms with Crippen LogP contribution in [0.1, 0.15) is 24.2 Å². The fourth-order valence-corrected chi connectivity index (χ4v) is 1.19. The van der Waals surface area contributed by atoms with Crippen LogP contribution in [0.25, 0.3) is 0 Å². The number of nitro groups is 1. The molecule has 1 amide bonds. The number of hydrogen-bond donors (Lipinski definition) is 2. The molecular formula is C10H13N3O3. The van der Waals surface area contributed by atoms with Gasteiger partial charge in [0.25, 0.3) is 11.6 Å². The molecule has 0 aliphatic rings. The van der Waals surface area contributed by atoms with Gasteiger partial charge in [0.1, 0.15) is 5.69 Å². The highest BCUT2D eigenvalue weighted by Crippen LogP contribution is 2.22. The van der Waals surface area contributed by atoms with Gasteiger partial charge in [-0.1, -0.05) is 0 Å². The summed E-state index contributed by atoms with van der Waals surface area (Å²) in [4.78, 5) is 21.6. The van der Waals surface area contributed by atoms with E-state index in [9.17, 15) is 14.9 Å². The van der Waals surface area contributed by atoms with E-state index in [1.165, 1.54) is 18.2 Å². The van der Waals surface area contributed by atoms with Gasteiger partial charge in [-0.2, -0.15) is 0 Å². The van der Waals surface area contributed by atoms with Crippen molar-refractivity contribution in [3.8, 4) is 0 Å². The van der Waals surface area contributed by atoms with E-state index in [0.29, 0.717) is 0 Å². The van der Waals surface area contributed by atoms with Gasteiger partial charge in [-0.05, 0) is 26.0 Å². The molecule has 6 nitrogen and oxygen atoms in total. The van der Waals surface area contributed by atoms with E-state index in [2.05, 4.69) is 5.32 Å². The Morgan fingerprint density at radius 2 is 2.12 bits per heavy atom.